The van der Waals surface area contributed by atoms with E-state index in [4.69, 9.17) is 4.74 Å². The molecule has 0 saturated heterocycles. The maximum absolute atomic E-state index is 13.3. The summed E-state index contributed by atoms with van der Waals surface area (Å²) in [5.74, 6) is 0.0683. The molecular weight excluding hydrogens is 516 g/mol. The van der Waals surface area contributed by atoms with Crippen LogP contribution in [0.2, 0.25) is 0 Å². The molecule has 0 bridgehead atoms. The minimum Gasteiger partial charge on any atom is -0.488 e. The standard InChI is InChI=1S/C25H36N4O6S2/c1-16(2)26-25(32)28(5)14-22-17(3)13-29(18(4)15-30)23(31)12-19-11-20(8-9-21(19)35-22)27-37(33,34)24-7-6-10-36-24/h6-11,16-18,22,27,30H,12-15H2,1-5H3,(H,26,32)/t17-,18-,22+/m1/s1. The number of hydrogen-bond donors (Lipinski definition) is 3. The van der Waals surface area contributed by atoms with Gasteiger partial charge in [-0.1, -0.05) is 13.0 Å². The zero-order chi connectivity index (χ0) is 27.3. The Balaban J connectivity index is 1.95. The van der Waals surface area contributed by atoms with Gasteiger partial charge in [-0.25, -0.2) is 13.2 Å². The second-order valence-electron chi connectivity index (χ2n) is 9.73. The van der Waals surface area contributed by atoms with Crippen LogP contribution in [0.4, 0.5) is 10.5 Å². The van der Waals surface area contributed by atoms with Crippen LogP contribution in [0.5, 0.6) is 5.75 Å². The van der Waals surface area contributed by atoms with Crippen molar-refractivity contribution in [3.8, 4) is 5.75 Å². The smallest absolute Gasteiger partial charge is 0.317 e. The summed E-state index contributed by atoms with van der Waals surface area (Å²) in [6, 6.07) is 7.34. The van der Waals surface area contributed by atoms with Gasteiger partial charge in [0, 0.05) is 36.8 Å². The number of urea groups is 1. The third-order valence-corrected chi connectivity index (χ3v) is 8.92. The van der Waals surface area contributed by atoms with Gasteiger partial charge < -0.3 is 25.0 Å². The number of thiophene rings is 1. The first-order valence-electron chi connectivity index (χ1n) is 12.2. The highest BCUT2D eigenvalue weighted by atomic mass is 32.2. The van der Waals surface area contributed by atoms with Gasteiger partial charge in [0.25, 0.3) is 10.0 Å². The molecule has 3 atom stereocenters. The minimum absolute atomic E-state index is 0.0237. The first kappa shape index (κ1) is 28.7. The highest BCUT2D eigenvalue weighted by Gasteiger charge is 2.32. The Labute approximate surface area is 222 Å². The second-order valence-corrected chi connectivity index (χ2v) is 12.6. The summed E-state index contributed by atoms with van der Waals surface area (Å²) in [4.78, 5) is 29.0. The lowest BCUT2D eigenvalue weighted by atomic mass is 10.0. The highest BCUT2D eigenvalue weighted by Crippen LogP contribution is 2.30. The predicted octanol–water partition coefficient (Wildman–Crippen LogP) is 2.75. The molecule has 3 rings (SSSR count). The summed E-state index contributed by atoms with van der Waals surface area (Å²) in [6.07, 6.45) is -0.494. The number of carbonyl (C=O) groups excluding carboxylic acids is 2. The molecule has 3 amide bonds. The summed E-state index contributed by atoms with van der Waals surface area (Å²) < 4.78 is 34.6. The normalized spacial score (nSPS) is 19.2. The molecule has 10 nitrogen and oxygen atoms in total. The molecule has 204 valence electrons. The Morgan fingerprint density at radius 2 is 2.03 bits per heavy atom. The maximum Gasteiger partial charge on any atom is 0.317 e. The number of aliphatic hydroxyl groups excluding tert-OH is 1. The van der Waals surface area contributed by atoms with E-state index < -0.39 is 22.2 Å². The summed E-state index contributed by atoms with van der Waals surface area (Å²) in [5, 5.41) is 14.3. The number of nitrogens with one attached hydrogen (secondary N) is 2. The zero-order valence-electron chi connectivity index (χ0n) is 21.8. The van der Waals surface area contributed by atoms with Crippen LogP contribution in [-0.2, 0) is 21.2 Å². The van der Waals surface area contributed by atoms with Crippen LogP contribution in [0.25, 0.3) is 0 Å². The molecule has 1 aliphatic heterocycles. The molecule has 0 radical (unpaired) electrons. The number of carbonyl (C=O) groups is 2. The summed E-state index contributed by atoms with van der Waals surface area (Å²) in [6.45, 7) is 7.87. The number of amides is 3. The van der Waals surface area contributed by atoms with Crippen LogP contribution >= 0.6 is 11.3 Å². The van der Waals surface area contributed by atoms with E-state index in [1.54, 1.807) is 53.4 Å². The quantitative estimate of drug-likeness (QED) is 0.462. The molecule has 2 aromatic rings. The van der Waals surface area contributed by atoms with Crippen LogP contribution in [0.15, 0.2) is 39.9 Å². The van der Waals surface area contributed by atoms with Crippen LogP contribution < -0.4 is 14.8 Å². The van der Waals surface area contributed by atoms with Crippen LogP contribution in [0, 0.1) is 5.92 Å². The second kappa shape index (κ2) is 12.1. The lowest BCUT2D eigenvalue weighted by Gasteiger charge is -2.34. The molecule has 0 saturated carbocycles. The maximum atomic E-state index is 13.3. The van der Waals surface area contributed by atoms with Crippen molar-refractivity contribution < 1.29 is 27.9 Å². The lowest BCUT2D eigenvalue weighted by Crippen LogP contribution is -2.49. The number of aliphatic hydroxyl groups is 1. The number of hydrogen-bond acceptors (Lipinski definition) is 7. The monoisotopic (exact) mass is 552 g/mol. The Morgan fingerprint density at radius 1 is 1.30 bits per heavy atom. The van der Waals surface area contributed by atoms with Gasteiger partial charge in [-0.05, 0) is 50.4 Å². The molecular formula is C25H36N4O6S2. The van der Waals surface area contributed by atoms with Crippen LogP contribution in [0.3, 0.4) is 0 Å². The molecule has 2 heterocycles. The Kier molecular flexibility index (Phi) is 9.43. The SMILES string of the molecule is CC(C)NC(=O)N(C)C[C@@H]1Oc2ccc(NS(=O)(=O)c3cccs3)cc2CC(=O)N([C@H](C)CO)C[C@H]1C. The topological polar surface area (TPSA) is 128 Å². The van der Waals surface area contributed by atoms with Crippen molar-refractivity contribution >= 4 is 39.0 Å². The fraction of sp³-hybridized carbons (Fsp3) is 0.520. The van der Waals surface area contributed by atoms with Gasteiger partial charge in [0.1, 0.15) is 16.1 Å². The number of sulfonamides is 1. The number of rotatable bonds is 8. The Morgan fingerprint density at radius 3 is 2.65 bits per heavy atom. The average Bonchev–Trinajstić information content (AvgIpc) is 3.38. The fourth-order valence-electron chi connectivity index (χ4n) is 4.04. The van der Waals surface area contributed by atoms with E-state index in [1.165, 1.54) is 6.07 Å². The van der Waals surface area contributed by atoms with Gasteiger partial charge in [-0.3, -0.25) is 9.52 Å². The first-order chi connectivity index (χ1) is 17.4. The van der Waals surface area contributed by atoms with E-state index >= 15 is 0 Å². The van der Waals surface area contributed by atoms with Crippen molar-refractivity contribution in [2.45, 2.75) is 56.5 Å². The summed E-state index contributed by atoms with van der Waals surface area (Å²) in [7, 11) is -2.08. The minimum atomic E-state index is -3.77. The Bertz CT molecular complexity index is 1190. The van der Waals surface area contributed by atoms with E-state index in [-0.39, 0.29) is 47.7 Å². The number of anilines is 1. The third kappa shape index (κ3) is 7.36. The molecule has 3 N–H and O–H groups in total. The van der Waals surface area contributed by atoms with Crippen molar-refractivity contribution in [3.63, 3.8) is 0 Å². The van der Waals surface area contributed by atoms with Crippen LogP contribution in [0.1, 0.15) is 33.3 Å². The van der Waals surface area contributed by atoms with Gasteiger partial charge in [-0.15, -0.1) is 11.3 Å². The molecule has 0 unspecified atom stereocenters. The number of likely N-dealkylation sites (N-methyl/N-ethyl adjacent to an activating group) is 1. The first-order valence-corrected chi connectivity index (χ1v) is 14.6. The number of ether oxygens (including phenoxy) is 1. The molecule has 0 aliphatic carbocycles. The van der Waals surface area contributed by atoms with Crippen LogP contribution in [-0.4, -0.2) is 80.2 Å². The van der Waals surface area contributed by atoms with Gasteiger partial charge in [0.05, 0.1) is 25.6 Å². The lowest BCUT2D eigenvalue weighted by molar-refractivity contribution is -0.134. The van der Waals surface area contributed by atoms with Gasteiger partial charge in [-0.2, -0.15) is 0 Å². The number of fused-ring (bicyclic) bond motifs is 1. The van der Waals surface area contributed by atoms with Gasteiger partial charge in [0.15, 0.2) is 0 Å². The zero-order valence-corrected chi connectivity index (χ0v) is 23.4. The number of nitrogens with zero attached hydrogens (tertiary/aromatic N) is 2. The van der Waals surface area contributed by atoms with Crippen molar-refractivity contribution in [3.05, 3.63) is 41.3 Å². The largest absolute Gasteiger partial charge is 0.488 e. The van der Waals surface area contributed by atoms with E-state index in [0.717, 1.165) is 11.3 Å². The van der Waals surface area contributed by atoms with E-state index in [0.29, 0.717) is 23.5 Å². The van der Waals surface area contributed by atoms with E-state index in [9.17, 15) is 23.1 Å². The van der Waals surface area contributed by atoms with Crippen molar-refractivity contribution in [1.82, 2.24) is 15.1 Å². The van der Waals surface area contributed by atoms with E-state index in [1.807, 2.05) is 20.8 Å². The molecule has 1 aromatic heterocycles. The van der Waals surface area contributed by atoms with Crippen molar-refractivity contribution in [2.24, 2.45) is 5.92 Å². The highest BCUT2D eigenvalue weighted by molar-refractivity contribution is 7.94. The fourth-order valence-corrected chi connectivity index (χ4v) is 6.09. The summed E-state index contributed by atoms with van der Waals surface area (Å²) >= 11 is 1.11. The molecule has 37 heavy (non-hydrogen) atoms. The number of benzene rings is 1. The third-order valence-electron chi connectivity index (χ3n) is 6.14. The molecule has 12 heteroatoms. The molecule has 0 spiro atoms. The summed E-state index contributed by atoms with van der Waals surface area (Å²) in [5.41, 5.74) is 0.822. The Hall–Kier alpha value is -2.83. The van der Waals surface area contributed by atoms with Gasteiger partial charge in [0.2, 0.25) is 5.91 Å². The predicted molar refractivity (Wildman–Crippen MR) is 143 cm³/mol. The average molecular weight is 553 g/mol. The van der Waals surface area contributed by atoms with Gasteiger partial charge >= 0.3 is 6.03 Å². The van der Waals surface area contributed by atoms with Crippen molar-refractivity contribution in [1.29, 1.82) is 0 Å². The van der Waals surface area contributed by atoms with Crippen molar-refractivity contribution in [2.75, 3.05) is 31.5 Å². The van der Waals surface area contributed by atoms with E-state index in [2.05, 4.69) is 10.0 Å². The molecule has 1 aromatic carbocycles. The molecule has 1 aliphatic rings. The molecule has 0 fully saturated rings.